The first kappa shape index (κ1) is 13.4. The Hall–Kier alpha value is -0.640. The van der Waals surface area contributed by atoms with Crippen molar-refractivity contribution in [3.63, 3.8) is 0 Å². The summed E-state index contributed by atoms with van der Waals surface area (Å²) in [5.41, 5.74) is 0. The molecule has 1 aromatic heterocycles. The van der Waals surface area contributed by atoms with Crippen molar-refractivity contribution < 1.29 is 0 Å². The van der Waals surface area contributed by atoms with Gasteiger partial charge >= 0.3 is 0 Å². The summed E-state index contributed by atoms with van der Waals surface area (Å²) in [6, 6.07) is 0. The molecule has 0 atom stereocenters. The summed E-state index contributed by atoms with van der Waals surface area (Å²) in [5, 5.41) is 3.01. The Balaban J connectivity index is 0.000000791. The van der Waals surface area contributed by atoms with Gasteiger partial charge < -0.3 is 10.3 Å². The van der Waals surface area contributed by atoms with E-state index in [0.717, 1.165) is 23.8 Å². The number of thioether (sulfide) groups is 1. The molecule has 0 radical (unpaired) electrons. The van der Waals surface area contributed by atoms with E-state index in [0.29, 0.717) is 0 Å². The van der Waals surface area contributed by atoms with E-state index in [4.69, 9.17) is 0 Å². The second-order valence-corrected chi connectivity index (χ2v) is 3.83. The van der Waals surface area contributed by atoms with Crippen LogP contribution in [0.5, 0.6) is 0 Å². The fourth-order valence-electron chi connectivity index (χ4n) is 0.930. The molecule has 0 spiro atoms. The van der Waals surface area contributed by atoms with Crippen LogP contribution in [0.25, 0.3) is 0 Å². The Labute approximate surface area is 91.1 Å². The summed E-state index contributed by atoms with van der Waals surface area (Å²) in [6.07, 6.45) is 2.85. The fourth-order valence-corrected chi connectivity index (χ4v) is 1.56. The molecule has 2 N–H and O–H groups in total. The second-order valence-electron chi connectivity index (χ2n) is 2.44. The number of hydrogen-bond acceptors (Lipinski definition) is 3. The number of hydrogen-bond donors (Lipinski definition) is 2. The van der Waals surface area contributed by atoms with Gasteiger partial charge in [-0.25, -0.2) is 4.98 Å². The van der Waals surface area contributed by atoms with Crippen LogP contribution in [0, 0.1) is 0 Å². The number of H-pyrrole nitrogens is 1. The lowest BCUT2D eigenvalue weighted by molar-refractivity contribution is 1.000. The highest BCUT2D eigenvalue weighted by atomic mass is 32.2. The summed E-state index contributed by atoms with van der Waals surface area (Å²) < 4.78 is 0. The van der Waals surface area contributed by atoms with Gasteiger partial charge in [-0.3, -0.25) is 0 Å². The summed E-state index contributed by atoms with van der Waals surface area (Å²) in [5.74, 6) is 4.39. The molecule has 0 aromatic carbocycles. The number of aromatic amines is 1. The van der Waals surface area contributed by atoms with E-state index in [1.54, 1.807) is 0 Å². The molecule has 1 rings (SSSR count). The Kier molecular flexibility index (Phi) is 8.53. The van der Waals surface area contributed by atoms with Crippen LogP contribution in [-0.4, -0.2) is 28.5 Å². The maximum atomic E-state index is 4.23. The van der Waals surface area contributed by atoms with Gasteiger partial charge in [-0.2, -0.15) is 11.8 Å². The predicted octanol–water partition coefficient (Wildman–Crippen LogP) is 2.77. The van der Waals surface area contributed by atoms with Crippen molar-refractivity contribution in [2.45, 2.75) is 27.2 Å². The van der Waals surface area contributed by atoms with Gasteiger partial charge in [-0.05, 0) is 5.75 Å². The van der Waals surface area contributed by atoms with E-state index in [9.17, 15) is 0 Å². The van der Waals surface area contributed by atoms with Crippen molar-refractivity contribution in [1.29, 1.82) is 0 Å². The zero-order valence-corrected chi connectivity index (χ0v) is 10.4. The molecule has 14 heavy (non-hydrogen) atoms. The summed E-state index contributed by atoms with van der Waals surface area (Å²) in [4.78, 5) is 7.41. The Morgan fingerprint density at radius 1 is 1.50 bits per heavy atom. The minimum absolute atomic E-state index is 0.992. The van der Waals surface area contributed by atoms with E-state index in [1.807, 2.05) is 38.9 Å². The van der Waals surface area contributed by atoms with E-state index >= 15 is 0 Å². The molecular weight excluding hydrogens is 194 g/mol. The van der Waals surface area contributed by atoms with Crippen LogP contribution in [0.2, 0.25) is 0 Å². The number of anilines is 1. The lowest BCUT2D eigenvalue weighted by Crippen LogP contribution is -1.92. The lowest BCUT2D eigenvalue weighted by Gasteiger charge is -1.95. The largest absolute Gasteiger partial charge is 0.373 e. The van der Waals surface area contributed by atoms with Crippen LogP contribution in [0.1, 0.15) is 26.6 Å². The molecule has 1 heterocycles. The molecule has 4 heteroatoms. The number of aryl methyl sites for hydroxylation is 1. The lowest BCUT2D eigenvalue weighted by atomic mass is 10.5. The van der Waals surface area contributed by atoms with Crippen LogP contribution in [0.3, 0.4) is 0 Å². The van der Waals surface area contributed by atoms with Crippen molar-refractivity contribution in [2.24, 2.45) is 0 Å². The first-order valence-corrected chi connectivity index (χ1v) is 6.31. The summed E-state index contributed by atoms with van der Waals surface area (Å²) >= 11 is 1.94. The standard InChI is InChI=1S/C8H15N3S.C2H6/c1-3-12-5-4-7-10-6-8(9-2)11-7;1-2/h6,9H,3-5H2,1-2H3,(H,10,11);1-2H3. The Morgan fingerprint density at radius 2 is 2.21 bits per heavy atom. The van der Waals surface area contributed by atoms with Gasteiger partial charge in [-0.1, -0.05) is 20.8 Å². The minimum atomic E-state index is 0.992. The Morgan fingerprint density at radius 3 is 2.71 bits per heavy atom. The van der Waals surface area contributed by atoms with Crippen LogP contribution in [0.15, 0.2) is 6.20 Å². The first-order chi connectivity index (χ1) is 6.86. The maximum absolute atomic E-state index is 4.23. The van der Waals surface area contributed by atoms with Crippen molar-refractivity contribution in [2.75, 3.05) is 23.9 Å². The van der Waals surface area contributed by atoms with Crippen LogP contribution in [-0.2, 0) is 6.42 Å². The second kappa shape index (κ2) is 8.94. The van der Waals surface area contributed by atoms with E-state index in [1.165, 1.54) is 5.75 Å². The SMILES string of the molecule is CC.CCSCCc1ncc(NC)[nH]1. The molecule has 0 aliphatic rings. The maximum Gasteiger partial charge on any atom is 0.123 e. The first-order valence-electron chi connectivity index (χ1n) is 5.16. The molecule has 0 amide bonds. The predicted molar refractivity (Wildman–Crippen MR) is 66.2 cm³/mol. The smallest absolute Gasteiger partial charge is 0.123 e. The van der Waals surface area contributed by atoms with Crippen LogP contribution < -0.4 is 5.32 Å². The van der Waals surface area contributed by atoms with Crippen molar-refractivity contribution in [3.05, 3.63) is 12.0 Å². The van der Waals surface area contributed by atoms with E-state index in [-0.39, 0.29) is 0 Å². The molecule has 3 nitrogen and oxygen atoms in total. The molecule has 82 valence electrons. The van der Waals surface area contributed by atoms with E-state index < -0.39 is 0 Å². The number of rotatable bonds is 5. The average molecular weight is 215 g/mol. The Bertz CT molecular complexity index is 223. The van der Waals surface area contributed by atoms with Gasteiger partial charge in [-0.15, -0.1) is 0 Å². The molecule has 0 aliphatic carbocycles. The molecule has 0 bridgehead atoms. The molecule has 0 fully saturated rings. The van der Waals surface area contributed by atoms with Gasteiger partial charge in [0.15, 0.2) is 0 Å². The van der Waals surface area contributed by atoms with Gasteiger partial charge in [0.05, 0.1) is 6.20 Å². The van der Waals surface area contributed by atoms with Gasteiger partial charge in [0.25, 0.3) is 0 Å². The quantitative estimate of drug-likeness (QED) is 0.742. The number of imidazole rings is 1. The highest BCUT2D eigenvalue weighted by Crippen LogP contribution is 2.06. The minimum Gasteiger partial charge on any atom is -0.373 e. The van der Waals surface area contributed by atoms with Crippen LogP contribution >= 0.6 is 11.8 Å². The third-order valence-corrected chi connectivity index (χ3v) is 2.49. The summed E-state index contributed by atoms with van der Waals surface area (Å²) in [6.45, 7) is 6.17. The summed E-state index contributed by atoms with van der Waals surface area (Å²) in [7, 11) is 1.89. The third-order valence-electron chi connectivity index (χ3n) is 1.59. The normalized spacial score (nSPS) is 9.14. The van der Waals surface area contributed by atoms with Crippen molar-refractivity contribution >= 4 is 17.6 Å². The molecule has 0 saturated carbocycles. The molecule has 1 aromatic rings. The third kappa shape index (κ3) is 5.17. The molecule has 0 aliphatic heterocycles. The topological polar surface area (TPSA) is 40.7 Å². The van der Waals surface area contributed by atoms with Gasteiger partial charge in [0.1, 0.15) is 11.6 Å². The molecular formula is C10H21N3S. The van der Waals surface area contributed by atoms with Gasteiger partial charge in [0.2, 0.25) is 0 Å². The van der Waals surface area contributed by atoms with Crippen LogP contribution in [0.4, 0.5) is 5.82 Å². The zero-order chi connectivity index (χ0) is 10.8. The fraction of sp³-hybridized carbons (Fsp3) is 0.700. The highest BCUT2D eigenvalue weighted by molar-refractivity contribution is 7.99. The van der Waals surface area contributed by atoms with Gasteiger partial charge in [0, 0.05) is 19.2 Å². The van der Waals surface area contributed by atoms with Crippen molar-refractivity contribution in [1.82, 2.24) is 9.97 Å². The number of aromatic nitrogens is 2. The zero-order valence-electron chi connectivity index (χ0n) is 9.55. The monoisotopic (exact) mass is 215 g/mol. The number of nitrogens with zero attached hydrogens (tertiary/aromatic N) is 1. The molecule has 0 saturated heterocycles. The van der Waals surface area contributed by atoms with E-state index in [2.05, 4.69) is 22.2 Å². The highest BCUT2D eigenvalue weighted by Gasteiger charge is 1.97. The average Bonchev–Trinajstić information content (AvgIpc) is 2.69. The molecule has 0 unspecified atom stereocenters. The number of nitrogens with one attached hydrogen (secondary N) is 2. The van der Waals surface area contributed by atoms with Crippen molar-refractivity contribution in [3.8, 4) is 0 Å².